The van der Waals surface area contributed by atoms with Crippen molar-refractivity contribution in [3.8, 4) is 5.75 Å². The fourth-order valence-corrected chi connectivity index (χ4v) is 3.92. The van der Waals surface area contributed by atoms with Gasteiger partial charge in [0.1, 0.15) is 12.4 Å². The predicted molar refractivity (Wildman–Crippen MR) is 123 cm³/mol. The summed E-state index contributed by atoms with van der Waals surface area (Å²) < 4.78 is 10.6. The third-order valence-electron chi connectivity index (χ3n) is 5.66. The number of esters is 1. The van der Waals surface area contributed by atoms with Crippen LogP contribution in [0.15, 0.2) is 60.8 Å². The molecule has 2 aromatic carbocycles. The Hall–Kier alpha value is -3.18. The maximum absolute atomic E-state index is 11.2. The van der Waals surface area contributed by atoms with Crippen LogP contribution in [-0.2, 0) is 16.0 Å². The Kier molecular flexibility index (Phi) is 6.95. The Morgan fingerprint density at radius 1 is 1.10 bits per heavy atom. The van der Waals surface area contributed by atoms with Crippen molar-refractivity contribution >= 4 is 22.8 Å². The van der Waals surface area contributed by atoms with Gasteiger partial charge in [0.15, 0.2) is 0 Å². The summed E-state index contributed by atoms with van der Waals surface area (Å²) in [6, 6.07) is 16.4. The van der Waals surface area contributed by atoms with Gasteiger partial charge in [-0.3, -0.25) is 9.88 Å². The van der Waals surface area contributed by atoms with Gasteiger partial charge in [-0.2, -0.15) is 0 Å². The molecule has 0 N–H and O–H groups in total. The summed E-state index contributed by atoms with van der Waals surface area (Å²) in [5, 5.41) is 2.28. The van der Waals surface area contributed by atoms with E-state index < -0.39 is 0 Å². The van der Waals surface area contributed by atoms with Crippen molar-refractivity contribution in [2.75, 3.05) is 33.4 Å². The van der Waals surface area contributed by atoms with Gasteiger partial charge >= 0.3 is 5.97 Å². The Morgan fingerprint density at radius 3 is 2.68 bits per heavy atom. The van der Waals surface area contributed by atoms with Crippen molar-refractivity contribution in [3.05, 3.63) is 77.6 Å². The Bertz CT molecular complexity index is 1050. The molecule has 5 nitrogen and oxygen atoms in total. The lowest BCUT2D eigenvalue weighted by molar-refractivity contribution is -0.134. The fourth-order valence-electron chi connectivity index (χ4n) is 3.92. The largest absolute Gasteiger partial charge is 0.492 e. The topological polar surface area (TPSA) is 51.7 Å². The number of hydrogen-bond acceptors (Lipinski definition) is 5. The number of pyridine rings is 1. The van der Waals surface area contributed by atoms with Crippen LogP contribution in [0, 0.1) is 0 Å². The zero-order valence-corrected chi connectivity index (χ0v) is 17.9. The van der Waals surface area contributed by atoms with E-state index in [-0.39, 0.29) is 5.97 Å². The smallest absolute Gasteiger partial charge is 0.330 e. The van der Waals surface area contributed by atoms with E-state index in [0.29, 0.717) is 0 Å². The molecule has 3 aromatic rings. The van der Waals surface area contributed by atoms with Gasteiger partial charge in [0, 0.05) is 30.6 Å². The van der Waals surface area contributed by atoms with Crippen LogP contribution in [0.3, 0.4) is 0 Å². The molecule has 1 aromatic heterocycles. The van der Waals surface area contributed by atoms with Gasteiger partial charge in [-0.05, 0) is 72.8 Å². The zero-order chi connectivity index (χ0) is 21.5. The zero-order valence-electron chi connectivity index (χ0n) is 17.9. The van der Waals surface area contributed by atoms with Gasteiger partial charge < -0.3 is 9.47 Å². The molecule has 0 aliphatic carbocycles. The number of fused-ring (bicyclic) bond motifs is 1. The molecular weight excluding hydrogens is 388 g/mol. The average Bonchev–Trinajstić information content (AvgIpc) is 3.32. The van der Waals surface area contributed by atoms with Crippen molar-refractivity contribution < 1.29 is 14.3 Å². The summed E-state index contributed by atoms with van der Waals surface area (Å²) >= 11 is 0. The first-order valence-corrected chi connectivity index (χ1v) is 10.8. The molecule has 4 rings (SSSR count). The van der Waals surface area contributed by atoms with Crippen LogP contribution in [0.5, 0.6) is 5.75 Å². The number of likely N-dealkylation sites (tertiary alicyclic amines) is 1. The molecule has 0 unspecified atom stereocenters. The van der Waals surface area contributed by atoms with Crippen LogP contribution in [0.2, 0.25) is 0 Å². The number of hydrogen-bond donors (Lipinski definition) is 0. The van der Waals surface area contributed by atoms with Crippen molar-refractivity contribution in [2.45, 2.75) is 19.3 Å². The fraction of sp³-hybridized carbons (Fsp3) is 0.308. The Balaban J connectivity index is 1.41. The lowest BCUT2D eigenvalue weighted by atomic mass is 10.0. The highest BCUT2D eigenvalue weighted by atomic mass is 16.5. The number of ether oxygens (including phenoxy) is 2. The van der Waals surface area contributed by atoms with E-state index in [2.05, 4.69) is 38.9 Å². The number of methoxy groups -OCH3 is 1. The molecule has 0 bridgehead atoms. The van der Waals surface area contributed by atoms with Crippen molar-refractivity contribution in [2.24, 2.45) is 0 Å². The first kappa shape index (κ1) is 21.1. The molecule has 1 aliphatic rings. The molecule has 1 aliphatic heterocycles. The molecule has 0 radical (unpaired) electrons. The highest BCUT2D eigenvalue weighted by Gasteiger charge is 2.11. The maximum Gasteiger partial charge on any atom is 0.330 e. The van der Waals surface area contributed by atoms with Gasteiger partial charge in [-0.15, -0.1) is 0 Å². The first-order valence-electron chi connectivity index (χ1n) is 10.8. The average molecular weight is 417 g/mol. The molecule has 1 fully saturated rings. The van der Waals surface area contributed by atoms with Crippen LogP contribution in [0.25, 0.3) is 16.8 Å². The highest BCUT2D eigenvalue weighted by molar-refractivity contribution is 5.87. The molecule has 0 atom stereocenters. The normalized spacial score (nSPS) is 14.4. The van der Waals surface area contributed by atoms with Gasteiger partial charge in [0.05, 0.1) is 12.8 Å². The van der Waals surface area contributed by atoms with E-state index >= 15 is 0 Å². The quantitative estimate of drug-likeness (QED) is 0.400. The second-order valence-electron chi connectivity index (χ2n) is 7.81. The van der Waals surface area contributed by atoms with Crippen molar-refractivity contribution in [1.82, 2.24) is 9.88 Å². The van der Waals surface area contributed by atoms with E-state index in [1.165, 1.54) is 44.7 Å². The van der Waals surface area contributed by atoms with E-state index in [9.17, 15) is 4.79 Å². The monoisotopic (exact) mass is 416 g/mol. The van der Waals surface area contributed by atoms with Crippen LogP contribution >= 0.6 is 0 Å². The lowest BCUT2D eigenvalue weighted by Gasteiger charge is -2.15. The van der Waals surface area contributed by atoms with Gasteiger partial charge in [-0.25, -0.2) is 4.79 Å². The molecule has 1 saturated heterocycles. The van der Waals surface area contributed by atoms with Gasteiger partial charge in [-0.1, -0.05) is 24.3 Å². The minimum Gasteiger partial charge on any atom is -0.492 e. The maximum atomic E-state index is 11.2. The van der Waals surface area contributed by atoms with E-state index in [4.69, 9.17) is 4.74 Å². The number of rotatable bonds is 8. The minimum atomic E-state index is -0.358. The number of nitrogens with zero attached hydrogens (tertiary/aromatic N) is 2. The molecule has 2 heterocycles. The molecule has 160 valence electrons. The Labute approximate surface area is 183 Å². The van der Waals surface area contributed by atoms with Gasteiger partial charge in [0.2, 0.25) is 0 Å². The SMILES string of the molecule is COC(=O)/C=C/c1ccc(Cc2nccc3cc(OCCN4CCCC4)ccc23)cc1. The van der Waals surface area contributed by atoms with Crippen molar-refractivity contribution in [1.29, 1.82) is 0 Å². The molecule has 31 heavy (non-hydrogen) atoms. The third-order valence-corrected chi connectivity index (χ3v) is 5.66. The van der Waals surface area contributed by atoms with Crippen LogP contribution < -0.4 is 4.74 Å². The lowest BCUT2D eigenvalue weighted by Crippen LogP contribution is -2.25. The third kappa shape index (κ3) is 5.70. The van der Waals surface area contributed by atoms with Gasteiger partial charge in [0.25, 0.3) is 0 Å². The molecule has 5 heteroatoms. The number of benzene rings is 2. The van der Waals surface area contributed by atoms with Crippen LogP contribution in [0.1, 0.15) is 29.7 Å². The number of aromatic nitrogens is 1. The number of carbonyl (C=O) groups excluding carboxylic acids is 1. The summed E-state index contributed by atoms with van der Waals surface area (Å²) in [4.78, 5) is 18.3. The van der Waals surface area contributed by atoms with E-state index in [1.54, 1.807) is 6.08 Å². The van der Waals surface area contributed by atoms with Crippen LogP contribution in [-0.4, -0.2) is 49.2 Å². The summed E-state index contributed by atoms with van der Waals surface area (Å²) in [5.74, 6) is 0.550. The predicted octanol–water partition coefficient (Wildman–Crippen LogP) is 4.49. The number of carbonyl (C=O) groups is 1. The molecular formula is C26H28N2O3. The van der Waals surface area contributed by atoms with E-state index in [1.807, 2.05) is 30.5 Å². The second kappa shape index (κ2) is 10.2. The Morgan fingerprint density at radius 2 is 1.90 bits per heavy atom. The molecule has 0 saturated carbocycles. The first-order chi connectivity index (χ1) is 15.2. The highest BCUT2D eigenvalue weighted by Crippen LogP contribution is 2.24. The standard InChI is InChI=1S/C26H28N2O3/c1-30-26(29)11-8-20-4-6-21(7-5-20)18-25-24-10-9-23(19-22(24)12-13-27-25)31-17-16-28-14-2-3-15-28/h4-13,19H,2-3,14-18H2,1H3/b11-8+. The van der Waals surface area contributed by atoms with Crippen LogP contribution in [0.4, 0.5) is 0 Å². The van der Waals surface area contributed by atoms with Crippen molar-refractivity contribution in [3.63, 3.8) is 0 Å². The second-order valence-corrected chi connectivity index (χ2v) is 7.81. The van der Waals surface area contributed by atoms with E-state index in [0.717, 1.165) is 47.4 Å². The summed E-state index contributed by atoms with van der Waals surface area (Å²) in [6.07, 6.45) is 8.38. The summed E-state index contributed by atoms with van der Waals surface area (Å²) in [5.41, 5.74) is 3.16. The summed E-state index contributed by atoms with van der Waals surface area (Å²) in [7, 11) is 1.37. The molecule has 0 amide bonds. The minimum absolute atomic E-state index is 0.358. The summed E-state index contributed by atoms with van der Waals surface area (Å²) in [6.45, 7) is 4.10. The molecule has 0 spiro atoms.